The van der Waals surface area contributed by atoms with Crippen molar-refractivity contribution in [1.82, 2.24) is 20.2 Å². The number of amides is 1. The molecule has 1 aliphatic rings. The first-order valence-electron chi connectivity index (χ1n) is 8.61. The van der Waals surface area contributed by atoms with Crippen LogP contribution in [0.4, 0.5) is 0 Å². The van der Waals surface area contributed by atoms with Gasteiger partial charge in [-0.15, -0.1) is 0 Å². The smallest absolute Gasteiger partial charge is 0.220 e. The van der Waals surface area contributed by atoms with E-state index in [1.54, 1.807) is 0 Å². The Bertz CT molecular complexity index is 715. The lowest BCUT2D eigenvalue weighted by molar-refractivity contribution is -0.119. The second-order valence-corrected chi connectivity index (χ2v) is 7.18. The topological polar surface area (TPSA) is 58.1 Å². The summed E-state index contributed by atoms with van der Waals surface area (Å²) in [5.74, 6) is 0.851. The molecule has 0 spiro atoms. The minimum atomic E-state index is 0.157. The average Bonchev–Trinajstić information content (AvgIpc) is 3.01. The van der Waals surface area contributed by atoms with E-state index in [1.165, 1.54) is 0 Å². The molecule has 25 heavy (non-hydrogen) atoms. The lowest BCUT2D eigenvalue weighted by atomic mass is 10.1. The molecule has 0 radical (unpaired) electrons. The van der Waals surface area contributed by atoms with Gasteiger partial charge in [-0.3, -0.25) is 9.69 Å². The largest absolute Gasteiger partial charge is 0.352 e. The number of nitrogens with one attached hydrogen (secondary N) is 1. The summed E-state index contributed by atoms with van der Waals surface area (Å²) >= 11 is 5.92. The van der Waals surface area contributed by atoms with Gasteiger partial charge in [-0.1, -0.05) is 11.6 Å². The molecule has 2 heterocycles. The zero-order chi connectivity index (χ0) is 17.8. The Kier molecular flexibility index (Phi) is 5.66. The normalized spacial score (nSPS) is 17.3. The molecule has 5 nitrogen and oxygen atoms in total. The Morgan fingerprint density at radius 2 is 1.92 bits per heavy atom. The molecule has 1 amide bonds. The fourth-order valence-electron chi connectivity index (χ4n) is 2.97. The summed E-state index contributed by atoms with van der Waals surface area (Å²) < 4.78 is 0. The Labute approximate surface area is 153 Å². The second kappa shape index (κ2) is 7.93. The minimum absolute atomic E-state index is 0.157. The molecule has 1 aromatic carbocycles. The van der Waals surface area contributed by atoms with Crippen molar-refractivity contribution in [2.75, 3.05) is 6.54 Å². The summed E-state index contributed by atoms with van der Waals surface area (Å²) in [4.78, 5) is 22.7. The van der Waals surface area contributed by atoms with Gasteiger partial charge in [-0.25, -0.2) is 9.97 Å². The molecule has 1 fully saturated rings. The maximum atomic E-state index is 11.4. The van der Waals surface area contributed by atoms with Crippen LogP contribution in [0.15, 0.2) is 36.7 Å². The van der Waals surface area contributed by atoms with Gasteiger partial charge < -0.3 is 5.32 Å². The van der Waals surface area contributed by atoms with E-state index in [4.69, 9.17) is 11.6 Å². The van der Waals surface area contributed by atoms with E-state index >= 15 is 0 Å². The monoisotopic (exact) mass is 358 g/mol. The number of aromatic nitrogens is 2. The van der Waals surface area contributed by atoms with Gasteiger partial charge in [-0.05, 0) is 44.5 Å². The number of carbonyl (C=O) groups excluding carboxylic acids is 1. The standard InChI is InChI=1S/C19H23ClN4O/c1-13(2)24(12-17-7-8-18(25)23-17)11-14-9-21-19(22-10-14)15-3-5-16(20)6-4-15/h3-6,9-10,13,17H,7-8,11-12H2,1-2H3,(H,23,25). The van der Waals surface area contributed by atoms with Crippen molar-refractivity contribution >= 4 is 17.5 Å². The van der Waals surface area contributed by atoms with E-state index in [9.17, 15) is 4.79 Å². The third-order valence-electron chi connectivity index (χ3n) is 4.46. The number of nitrogens with zero attached hydrogens (tertiary/aromatic N) is 3. The van der Waals surface area contributed by atoms with Crippen molar-refractivity contribution in [3.63, 3.8) is 0 Å². The molecule has 0 saturated carbocycles. The number of halogens is 1. The third-order valence-corrected chi connectivity index (χ3v) is 4.72. The molecule has 132 valence electrons. The molecule has 1 N–H and O–H groups in total. The molecule has 1 atom stereocenters. The van der Waals surface area contributed by atoms with Crippen LogP contribution < -0.4 is 5.32 Å². The predicted molar refractivity (Wildman–Crippen MR) is 99.2 cm³/mol. The van der Waals surface area contributed by atoms with Crippen LogP contribution in [0.3, 0.4) is 0 Å². The van der Waals surface area contributed by atoms with Gasteiger partial charge in [0.1, 0.15) is 0 Å². The zero-order valence-corrected chi connectivity index (χ0v) is 15.3. The van der Waals surface area contributed by atoms with Crippen molar-refractivity contribution in [3.8, 4) is 11.4 Å². The third kappa shape index (κ3) is 4.77. The van der Waals surface area contributed by atoms with Gasteiger partial charge in [0.05, 0.1) is 0 Å². The number of carbonyl (C=O) groups is 1. The Morgan fingerprint density at radius 1 is 1.24 bits per heavy atom. The molecular weight excluding hydrogens is 336 g/mol. The summed E-state index contributed by atoms with van der Waals surface area (Å²) in [6, 6.07) is 8.13. The Hall–Kier alpha value is -1.98. The van der Waals surface area contributed by atoms with Gasteiger partial charge >= 0.3 is 0 Å². The maximum Gasteiger partial charge on any atom is 0.220 e. The molecule has 1 aliphatic heterocycles. The van der Waals surface area contributed by atoms with Crippen molar-refractivity contribution in [3.05, 3.63) is 47.2 Å². The highest BCUT2D eigenvalue weighted by atomic mass is 35.5. The number of hydrogen-bond donors (Lipinski definition) is 1. The Balaban J connectivity index is 1.66. The average molecular weight is 359 g/mol. The SMILES string of the molecule is CC(C)N(Cc1cnc(-c2ccc(Cl)cc2)nc1)CC1CCC(=O)N1. The molecule has 1 unspecified atom stereocenters. The van der Waals surface area contributed by atoms with Crippen molar-refractivity contribution < 1.29 is 4.79 Å². The second-order valence-electron chi connectivity index (χ2n) is 6.75. The van der Waals surface area contributed by atoms with Crippen molar-refractivity contribution in [2.24, 2.45) is 0 Å². The van der Waals surface area contributed by atoms with Crippen LogP contribution in [-0.4, -0.2) is 39.4 Å². The molecule has 3 rings (SSSR count). The highest BCUT2D eigenvalue weighted by molar-refractivity contribution is 6.30. The number of rotatable bonds is 6. The molecule has 2 aromatic rings. The summed E-state index contributed by atoms with van der Waals surface area (Å²) in [5.41, 5.74) is 2.01. The van der Waals surface area contributed by atoms with Gasteiger partial charge in [0.25, 0.3) is 0 Å². The van der Waals surface area contributed by atoms with E-state index < -0.39 is 0 Å². The quantitative estimate of drug-likeness (QED) is 0.860. The van der Waals surface area contributed by atoms with Gasteiger partial charge in [0.15, 0.2) is 5.82 Å². The lowest BCUT2D eigenvalue weighted by Crippen LogP contribution is -2.41. The Morgan fingerprint density at radius 3 is 2.48 bits per heavy atom. The van der Waals surface area contributed by atoms with E-state index in [-0.39, 0.29) is 11.9 Å². The zero-order valence-electron chi connectivity index (χ0n) is 14.6. The fourth-order valence-corrected chi connectivity index (χ4v) is 3.10. The first-order valence-corrected chi connectivity index (χ1v) is 8.99. The lowest BCUT2D eigenvalue weighted by Gasteiger charge is -2.29. The predicted octanol–water partition coefficient (Wildman–Crippen LogP) is 3.29. The van der Waals surface area contributed by atoms with Crippen LogP contribution in [0.2, 0.25) is 5.02 Å². The maximum absolute atomic E-state index is 11.4. The van der Waals surface area contributed by atoms with Gasteiger partial charge in [0, 0.05) is 60.1 Å². The summed E-state index contributed by atoms with van der Waals surface area (Å²) in [7, 11) is 0. The summed E-state index contributed by atoms with van der Waals surface area (Å²) in [6.45, 7) is 5.95. The fraction of sp³-hybridized carbons (Fsp3) is 0.421. The summed E-state index contributed by atoms with van der Waals surface area (Å²) in [6.07, 6.45) is 5.29. The van der Waals surface area contributed by atoms with Crippen molar-refractivity contribution in [1.29, 1.82) is 0 Å². The highest BCUT2D eigenvalue weighted by Gasteiger charge is 2.24. The molecule has 1 aromatic heterocycles. The summed E-state index contributed by atoms with van der Waals surface area (Å²) in [5, 5.41) is 3.74. The first-order chi connectivity index (χ1) is 12.0. The van der Waals surface area contributed by atoms with Crippen molar-refractivity contribution in [2.45, 2.75) is 45.3 Å². The molecule has 6 heteroatoms. The van der Waals surface area contributed by atoms with E-state index in [0.717, 1.165) is 30.6 Å². The van der Waals surface area contributed by atoms with Gasteiger partial charge in [0.2, 0.25) is 5.91 Å². The van der Waals surface area contributed by atoms with E-state index in [0.29, 0.717) is 23.3 Å². The molecular formula is C19H23ClN4O. The minimum Gasteiger partial charge on any atom is -0.352 e. The van der Waals surface area contributed by atoms with Crippen LogP contribution in [0.5, 0.6) is 0 Å². The number of benzene rings is 1. The van der Waals surface area contributed by atoms with Crippen LogP contribution >= 0.6 is 11.6 Å². The first kappa shape index (κ1) is 17.8. The van der Waals surface area contributed by atoms with E-state index in [1.807, 2.05) is 36.7 Å². The van der Waals surface area contributed by atoms with E-state index in [2.05, 4.69) is 34.0 Å². The van der Waals surface area contributed by atoms with Crippen LogP contribution in [-0.2, 0) is 11.3 Å². The van der Waals surface area contributed by atoms with Crippen LogP contribution in [0.25, 0.3) is 11.4 Å². The van der Waals surface area contributed by atoms with Gasteiger partial charge in [-0.2, -0.15) is 0 Å². The van der Waals surface area contributed by atoms with Crippen LogP contribution in [0.1, 0.15) is 32.3 Å². The molecule has 0 bridgehead atoms. The number of hydrogen-bond acceptors (Lipinski definition) is 4. The molecule has 1 saturated heterocycles. The molecule has 0 aliphatic carbocycles. The highest BCUT2D eigenvalue weighted by Crippen LogP contribution is 2.18. The van der Waals surface area contributed by atoms with Crippen LogP contribution in [0, 0.1) is 0 Å².